The highest BCUT2D eigenvalue weighted by molar-refractivity contribution is 6.30. The Bertz CT molecular complexity index is 716. The highest BCUT2D eigenvalue weighted by Gasteiger charge is 2.31. The van der Waals surface area contributed by atoms with Crippen LogP contribution < -0.4 is 4.74 Å². The Morgan fingerprint density at radius 3 is 2.36 bits per heavy atom. The molecule has 0 saturated carbocycles. The molecule has 0 aliphatic rings. The Balaban J connectivity index is 1.77. The number of nitrogens with zero attached hydrogens (tertiary/aromatic N) is 1. The number of benzene rings is 1. The predicted molar refractivity (Wildman–Crippen MR) is 91.6 cm³/mol. The molecule has 7 heteroatoms. The van der Waals surface area contributed by atoms with E-state index in [2.05, 4.69) is 4.98 Å². The third-order valence-corrected chi connectivity index (χ3v) is 3.35. The Morgan fingerprint density at radius 1 is 1.04 bits per heavy atom. The molecule has 0 aliphatic carbocycles. The van der Waals surface area contributed by atoms with Crippen LogP contribution in [0.1, 0.15) is 24.3 Å². The molecule has 0 amide bonds. The summed E-state index contributed by atoms with van der Waals surface area (Å²) in [5, 5.41) is 0.572. The molecule has 0 atom stereocenters. The second-order valence-corrected chi connectivity index (χ2v) is 5.99. The van der Waals surface area contributed by atoms with Crippen LogP contribution in [-0.4, -0.2) is 35.7 Å². The fourth-order valence-electron chi connectivity index (χ4n) is 1.84. The molecule has 0 spiro atoms. The maximum Gasteiger partial charge on any atom is 0.357 e. The summed E-state index contributed by atoms with van der Waals surface area (Å²) in [6.07, 6.45) is 1.49. The van der Waals surface area contributed by atoms with Gasteiger partial charge in [0.05, 0.1) is 0 Å². The monoisotopic (exact) mass is 363 g/mol. The largest absolute Gasteiger partial charge is 0.476 e. The van der Waals surface area contributed by atoms with Gasteiger partial charge in [0.2, 0.25) is 0 Å². The van der Waals surface area contributed by atoms with Crippen LogP contribution in [0, 0.1) is 0 Å². The van der Waals surface area contributed by atoms with Gasteiger partial charge in [-0.3, -0.25) is 0 Å². The molecule has 2 aromatic rings. The van der Waals surface area contributed by atoms with E-state index in [0.717, 1.165) is 0 Å². The van der Waals surface area contributed by atoms with Crippen molar-refractivity contribution in [2.24, 2.45) is 0 Å². The zero-order valence-electron chi connectivity index (χ0n) is 13.9. The number of hydrogen-bond acceptors (Lipinski definition) is 6. The fraction of sp³-hybridized carbons (Fsp3) is 0.278. The molecule has 0 unspecified atom stereocenters. The third kappa shape index (κ3) is 5.76. The van der Waals surface area contributed by atoms with Crippen molar-refractivity contribution in [3.8, 4) is 5.75 Å². The first-order valence-electron chi connectivity index (χ1n) is 7.58. The van der Waals surface area contributed by atoms with Crippen LogP contribution in [0.3, 0.4) is 0 Å². The van der Waals surface area contributed by atoms with E-state index in [9.17, 15) is 9.59 Å². The molecule has 0 fully saturated rings. The van der Waals surface area contributed by atoms with Crippen LogP contribution in [0.25, 0.3) is 0 Å². The van der Waals surface area contributed by atoms with Gasteiger partial charge in [0.25, 0.3) is 0 Å². The standard InChI is InChI=1S/C18H18ClNO5/c1-18(2,25-14-8-6-13(19)7-9-14)17(22)24-12-11-23-16(21)15-5-3-4-10-20-15/h3-10H,11-12H2,1-2H3. The van der Waals surface area contributed by atoms with E-state index >= 15 is 0 Å². The third-order valence-electron chi connectivity index (χ3n) is 3.10. The first-order valence-corrected chi connectivity index (χ1v) is 7.96. The zero-order chi connectivity index (χ0) is 18.3. The predicted octanol–water partition coefficient (Wildman–Crippen LogP) is 3.29. The van der Waals surface area contributed by atoms with Crippen LogP contribution in [0.4, 0.5) is 0 Å². The zero-order valence-corrected chi connectivity index (χ0v) is 14.7. The molecule has 1 heterocycles. The van der Waals surface area contributed by atoms with Gasteiger partial charge in [0.15, 0.2) is 5.60 Å². The lowest BCUT2D eigenvalue weighted by Crippen LogP contribution is -2.40. The van der Waals surface area contributed by atoms with E-state index in [1.54, 1.807) is 50.2 Å². The van der Waals surface area contributed by atoms with Gasteiger partial charge in [-0.25, -0.2) is 14.6 Å². The van der Waals surface area contributed by atoms with Crippen molar-refractivity contribution in [1.29, 1.82) is 0 Å². The summed E-state index contributed by atoms with van der Waals surface area (Å²) in [5.41, 5.74) is -1.00. The highest BCUT2D eigenvalue weighted by Crippen LogP contribution is 2.21. The number of esters is 2. The van der Waals surface area contributed by atoms with E-state index in [4.69, 9.17) is 25.8 Å². The molecule has 1 aromatic carbocycles. The Morgan fingerprint density at radius 2 is 1.72 bits per heavy atom. The molecule has 2 rings (SSSR count). The smallest absolute Gasteiger partial charge is 0.357 e. The topological polar surface area (TPSA) is 74.7 Å². The van der Waals surface area contributed by atoms with Crippen molar-refractivity contribution in [1.82, 2.24) is 4.98 Å². The maximum absolute atomic E-state index is 12.1. The normalized spacial score (nSPS) is 10.8. The Labute approximate surface area is 150 Å². The van der Waals surface area contributed by atoms with E-state index in [-0.39, 0.29) is 18.9 Å². The van der Waals surface area contributed by atoms with Crippen molar-refractivity contribution >= 4 is 23.5 Å². The molecule has 0 saturated heterocycles. The summed E-state index contributed by atoms with van der Waals surface area (Å²) in [5.74, 6) is -0.655. The first-order chi connectivity index (χ1) is 11.9. The van der Waals surface area contributed by atoms with Crippen molar-refractivity contribution < 1.29 is 23.8 Å². The molecule has 0 bridgehead atoms. The van der Waals surface area contributed by atoms with Gasteiger partial charge in [-0.15, -0.1) is 0 Å². The van der Waals surface area contributed by atoms with Gasteiger partial charge in [0, 0.05) is 11.2 Å². The molecule has 0 aliphatic heterocycles. The van der Waals surface area contributed by atoms with Crippen molar-refractivity contribution in [2.45, 2.75) is 19.4 Å². The van der Waals surface area contributed by atoms with E-state index in [0.29, 0.717) is 10.8 Å². The minimum Gasteiger partial charge on any atom is -0.476 e. The number of carbonyl (C=O) groups is 2. The van der Waals surface area contributed by atoms with Crippen molar-refractivity contribution in [2.75, 3.05) is 13.2 Å². The van der Waals surface area contributed by atoms with E-state index in [1.165, 1.54) is 12.3 Å². The summed E-state index contributed by atoms with van der Waals surface area (Å²) in [7, 11) is 0. The van der Waals surface area contributed by atoms with Gasteiger partial charge in [-0.1, -0.05) is 17.7 Å². The molecule has 25 heavy (non-hydrogen) atoms. The van der Waals surface area contributed by atoms with Crippen LogP contribution in [0.15, 0.2) is 48.7 Å². The second kappa shape index (κ2) is 8.48. The molecular formula is C18H18ClNO5. The summed E-state index contributed by atoms with van der Waals surface area (Å²) < 4.78 is 15.7. The first kappa shape index (κ1) is 18.7. The summed E-state index contributed by atoms with van der Waals surface area (Å²) >= 11 is 5.81. The lowest BCUT2D eigenvalue weighted by atomic mass is 10.1. The molecule has 6 nitrogen and oxygen atoms in total. The van der Waals surface area contributed by atoms with Gasteiger partial charge >= 0.3 is 11.9 Å². The number of aromatic nitrogens is 1. The van der Waals surface area contributed by atoms with Crippen molar-refractivity contribution in [3.63, 3.8) is 0 Å². The molecular weight excluding hydrogens is 346 g/mol. The van der Waals surface area contributed by atoms with Gasteiger partial charge in [-0.2, -0.15) is 0 Å². The van der Waals surface area contributed by atoms with Crippen LogP contribution >= 0.6 is 11.6 Å². The number of pyridine rings is 1. The van der Waals surface area contributed by atoms with E-state index < -0.39 is 17.5 Å². The molecule has 0 N–H and O–H groups in total. The van der Waals surface area contributed by atoms with Gasteiger partial charge in [0.1, 0.15) is 24.7 Å². The maximum atomic E-state index is 12.1. The fourth-order valence-corrected chi connectivity index (χ4v) is 1.96. The van der Waals surface area contributed by atoms with Crippen LogP contribution in [0.5, 0.6) is 5.75 Å². The molecule has 0 radical (unpaired) electrons. The number of ether oxygens (including phenoxy) is 3. The van der Waals surface area contributed by atoms with Gasteiger partial charge in [-0.05, 0) is 50.2 Å². The second-order valence-electron chi connectivity index (χ2n) is 5.55. The lowest BCUT2D eigenvalue weighted by molar-refractivity contribution is -0.160. The van der Waals surface area contributed by atoms with E-state index in [1.807, 2.05) is 0 Å². The average Bonchev–Trinajstić information content (AvgIpc) is 2.61. The van der Waals surface area contributed by atoms with Crippen LogP contribution in [-0.2, 0) is 14.3 Å². The number of halogens is 1. The summed E-state index contributed by atoms with van der Waals surface area (Å²) in [6, 6.07) is 11.6. The summed E-state index contributed by atoms with van der Waals surface area (Å²) in [6.45, 7) is 3.02. The molecule has 132 valence electrons. The Kier molecular flexibility index (Phi) is 6.36. The highest BCUT2D eigenvalue weighted by atomic mass is 35.5. The lowest BCUT2D eigenvalue weighted by Gasteiger charge is -2.24. The average molecular weight is 364 g/mol. The van der Waals surface area contributed by atoms with Gasteiger partial charge < -0.3 is 14.2 Å². The summed E-state index contributed by atoms with van der Waals surface area (Å²) in [4.78, 5) is 27.7. The van der Waals surface area contributed by atoms with Crippen molar-refractivity contribution in [3.05, 3.63) is 59.4 Å². The van der Waals surface area contributed by atoms with Crippen LogP contribution in [0.2, 0.25) is 5.02 Å². The minimum absolute atomic E-state index is 0.0713. The quantitative estimate of drug-likeness (QED) is 0.555. The number of hydrogen-bond donors (Lipinski definition) is 0. The molecule has 1 aromatic heterocycles. The number of carbonyl (C=O) groups excluding carboxylic acids is 2. The SMILES string of the molecule is CC(C)(Oc1ccc(Cl)cc1)C(=O)OCCOC(=O)c1ccccn1. The Hall–Kier alpha value is -2.60. The minimum atomic E-state index is -1.20. The number of rotatable bonds is 7.